The molecule has 0 aliphatic carbocycles. The first kappa shape index (κ1) is 25.9. The molecule has 5 rings (SSSR count). The van der Waals surface area contributed by atoms with E-state index in [4.69, 9.17) is 15.7 Å². The number of rotatable bonds is 9. The molecule has 5 nitrogen and oxygen atoms in total. The molecule has 5 aromatic rings. The highest BCUT2D eigenvalue weighted by Crippen LogP contribution is 2.27. The summed E-state index contributed by atoms with van der Waals surface area (Å²) >= 11 is 0. The van der Waals surface area contributed by atoms with Crippen LogP contribution in [0.1, 0.15) is 41.7 Å². The van der Waals surface area contributed by atoms with Crippen molar-refractivity contribution >= 4 is 22.3 Å². The summed E-state index contributed by atoms with van der Waals surface area (Å²) in [4.78, 5) is 17.9. The highest BCUT2D eigenvalue weighted by Gasteiger charge is 2.14. The molecule has 3 N–H and O–H groups in total. The summed E-state index contributed by atoms with van der Waals surface area (Å²) in [7, 11) is 0. The number of fused-ring (bicyclic) bond motifs is 1. The zero-order valence-corrected chi connectivity index (χ0v) is 22.5. The van der Waals surface area contributed by atoms with Crippen LogP contribution >= 0.6 is 0 Å². The molecule has 39 heavy (non-hydrogen) atoms. The fraction of sp³-hybridized carbons (Fsp3) is 0.147. The molecule has 3 aromatic heterocycles. The number of nitrogens with zero attached hydrogens (tertiary/aromatic N) is 3. The standard InChI is InChI=1S/C34H33N5/c1-4-24(14-15-25-11-7-6-8-12-25)21-26(5-2)29-17-16-28(35)31(37-29)22-32-38-30-18-19-36-33(34(30)39-32)27-13-9-10-23(3)20-27/h4-13,16-21H,1,14-15,22,35H2,2-3H3,(H,38,39)/b24-21+,26-5+. The van der Waals surface area contributed by atoms with Crippen molar-refractivity contribution < 1.29 is 0 Å². The van der Waals surface area contributed by atoms with Gasteiger partial charge < -0.3 is 10.7 Å². The summed E-state index contributed by atoms with van der Waals surface area (Å²) in [5.41, 5.74) is 17.1. The van der Waals surface area contributed by atoms with Crippen molar-refractivity contribution in [3.8, 4) is 11.3 Å². The zero-order valence-electron chi connectivity index (χ0n) is 22.5. The van der Waals surface area contributed by atoms with Gasteiger partial charge in [0.15, 0.2) is 0 Å². The van der Waals surface area contributed by atoms with Crippen LogP contribution in [0.4, 0.5) is 5.69 Å². The van der Waals surface area contributed by atoms with E-state index >= 15 is 0 Å². The molecule has 0 saturated heterocycles. The van der Waals surface area contributed by atoms with Crippen molar-refractivity contribution in [3.63, 3.8) is 0 Å². The minimum atomic E-state index is 0.491. The summed E-state index contributed by atoms with van der Waals surface area (Å²) < 4.78 is 0. The molecule has 0 spiro atoms. The average molecular weight is 512 g/mol. The molecule has 0 radical (unpaired) electrons. The van der Waals surface area contributed by atoms with E-state index in [0.717, 1.165) is 57.9 Å². The number of aryl methyl sites for hydroxylation is 2. The lowest BCUT2D eigenvalue weighted by atomic mass is 10.0. The third-order valence-corrected chi connectivity index (χ3v) is 6.84. The largest absolute Gasteiger partial charge is 0.397 e. The Bertz CT molecular complexity index is 1670. The van der Waals surface area contributed by atoms with Crippen LogP contribution in [0.5, 0.6) is 0 Å². The Morgan fingerprint density at radius 1 is 1.00 bits per heavy atom. The molecule has 0 aliphatic heterocycles. The van der Waals surface area contributed by atoms with Crippen LogP contribution in [0.2, 0.25) is 0 Å². The van der Waals surface area contributed by atoms with Gasteiger partial charge in [-0.3, -0.25) is 9.97 Å². The van der Waals surface area contributed by atoms with E-state index in [1.165, 1.54) is 16.7 Å². The highest BCUT2D eigenvalue weighted by atomic mass is 14.9. The van der Waals surface area contributed by atoms with E-state index in [9.17, 15) is 0 Å². The molecule has 0 fully saturated rings. The second-order valence-electron chi connectivity index (χ2n) is 9.67. The summed E-state index contributed by atoms with van der Waals surface area (Å²) in [5, 5.41) is 0. The number of nitrogens with two attached hydrogens (primary N) is 1. The smallest absolute Gasteiger partial charge is 0.115 e. The third-order valence-electron chi connectivity index (χ3n) is 6.84. The summed E-state index contributed by atoms with van der Waals surface area (Å²) in [6.07, 6.45) is 10.3. The lowest BCUT2D eigenvalue weighted by Crippen LogP contribution is -2.03. The number of hydrogen-bond donors (Lipinski definition) is 2. The number of aromatic nitrogens is 4. The first-order valence-electron chi connectivity index (χ1n) is 13.2. The molecule has 0 bridgehead atoms. The average Bonchev–Trinajstić information content (AvgIpc) is 3.38. The molecule has 0 aliphatic rings. The van der Waals surface area contributed by atoms with Gasteiger partial charge in [-0.2, -0.15) is 0 Å². The molecular formula is C34H33N5. The second kappa shape index (κ2) is 11.7. The molecule has 0 atom stereocenters. The minimum Gasteiger partial charge on any atom is -0.397 e. The monoisotopic (exact) mass is 511 g/mol. The normalized spacial score (nSPS) is 12.2. The van der Waals surface area contributed by atoms with E-state index < -0.39 is 0 Å². The number of imidazole rings is 1. The van der Waals surface area contributed by atoms with Gasteiger partial charge in [-0.1, -0.05) is 72.8 Å². The Labute approximate surface area is 229 Å². The van der Waals surface area contributed by atoms with Gasteiger partial charge in [0.25, 0.3) is 0 Å². The van der Waals surface area contributed by atoms with Crippen molar-refractivity contribution in [3.05, 3.63) is 138 Å². The van der Waals surface area contributed by atoms with E-state index in [1.807, 2.05) is 49.5 Å². The first-order valence-corrected chi connectivity index (χ1v) is 13.2. The van der Waals surface area contributed by atoms with Crippen molar-refractivity contribution in [1.82, 2.24) is 19.9 Å². The van der Waals surface area contributed by atoms with Crippen molar-refractivity contribution in [1.29, 1.82) is 0 Å². The van der Waals surface area contributed by atoms with E-state index in [2.05, 4.69) is 78.1 Å². The predicted molar refractivity (Wildman–Crippen MR) is 162 cm³/mol. The van der Waals surface area contributed by atoms with E-state index in [0.29, 0.717) is 12.1 Å². The van der Waals surface area contributed by atoms with Crippen LogP contribution in [0, 0.1) is 6.92 Å². The lowest BCUT2D eigenvalue weighted by Gasteiger charge is -2.09. The van der Waals surface area contributed by atoms with Gasteiger partial charge >= 0.3 is 0 Å². The zero-order chi connectivity index (χ0) is 27.2. The van der Waals surface area contributed by atoms with Crippen LogP contribution in [0.25, 0.3) is 27.9 Å². The van der Waals surface area contributed by atoms with Gasteiger partial charge in [0.2, 0.25) is 0 Å². The number of nitrogens with one attached hydrogen (secondary N) is 1. The Morgan fingerprint density at radius 2 is 1.85 bits per heavy atom. The van der Waals surface area contributed by atoms with Crippen LogP contribution in [0.3, 0.4) is 0 Å². The minimum absolute atomic E-state index is 0.491. The lowest BCUT2D eigenvalue weighted by molar-refractivity contribution is 0.965. The van der Waals surface area contributed by atoms with Crippen LogP contribution in [-0.4, -0.2) is 19.9 Å². The molecule has 2 aromatic carbocycles. The van der Waals surface area contributed by atoms with Gasteiger partial charge in [0.1, 0.15) is 11.3 Å². The fourth-order valence-corrected chi connectivity index (χ4v) is 4.72. The quantitative estimate of drug-likeness (QED) is 0.199. The molecule has 0 amide bonds. The Kier molecular flexibility index (Phi) is 7.78. The number of nitrogen functional groups attached to an aromatic ring is 1. The molecule has 0 unspecified atom stereocenters. The number of hydrogen-bond acceptors (Lipinski definition) is 4. The summed E-state index contributed by atoms with van der Waals surface area (Å²) in [6.45, 7) is 8.15. The molecule has 0 saturated carbocycles. The second-order valence-corrected chi connectivity index (χ2v) is 9.67. The van der Waals surface area contributed by atoms with Crippen LogP contribution in [0.15, 0.2) is 109 Å². The molecule has 5 heteroatoms. The van der Waals surface area contributed by atoms with Gasteiger partial charge in [-0.05, 0) is 73.7 Å². The van der Waals surface area contributed by atoms with Gasteiger partial charge in [0, 0.05) is 11.8 Å². The highest BCUT2D eigenvalue weighted by molar-refractivity contribution is 5.89. The van der Waals surface area contributed by atoms with Crippen molar-refractivity contribution in [2.45, 2.75) is 33.1 Å². The maximum atomic E-state index is 6.38. The number of aromatic amines is 1. The fourth-order valence-electron chi connectivity index (χ4n) is 4.72. The third kappa shape index (κ3) is 6.04. The van der Waals surface area contributed by atoms with Crippen LogP contribution < -0.4 is 5.73 Å². The molecule has 194 valence electrons. The summed E-state index contributed by atoms with van der Waals surface area (Å²) in [5.74, 6) is 0.801. The number of pyridine rings is 2. The summed E-state index contributed by atoms with van der Waals surface area (Å²) in [6, 6.07) is 24.7. The first-order chi connectivity index (χ1) is 19.0. The Balaban J connectivity index is 1.40. The van der Waals surface area contributed by atoms with E-state index in [1.54, 1.807) is 0 Å². The number of H-pyrrole nitrogens is 1. The van der Waals surface area contributed by atoms with Crippen LogP contribution in [-0.2, 0) is 12.8 Å². The van der Waals surface area contributed by atoms with E-state index in [-0.39, 0.29) is 0 Å². The van der Waals surface area contributed by atoms with Gasteiger partial charge in [0.05, 0.1) is 34.7 Å². The predicted octanol–water partition coefficient (Wildman–Crippen LogP) is 7.65. The number of allylic oxidation sites excluding steroid dienone is 5. The Hall–Kier alpha value is -4.77. The molecule has 3 heterocycles. The SMILES string of the molecule is C=C/C(=C\C(=C/C)c1ccc(N)c(Cc2nc3c(-c4cccc(C)c4)nccc3[nH]2)n1)CCc1ccccc1. The maximum Gasteiger partial charge on any atom is 0.115 e. The number of anilines is 1. The van der Waals surface area contributed by atoms with Crippen molar-refractivity contribution in [2.75, 3.05) is 5.73 Å². The molecular weight excluding hydrogens is 478 g/mol. The maximum absolute atomic E-state index is 6.38. The van der Waals surface area contributed by atoms with Gasteiger partial charge in [-0.15, -0.1) is 0 Å². The van der Waals surface area contributed by atoms with Gasteiger partial charge in [-0.25, -0.2) is 4.98 Å². The van der Waals surface area contributed by atoms with Crippen molar-refractivity contribution in [2.24, 2.45) is 0 Å². The number of benzene rings is 2. The Morgan fingerprint density at radius 3 is 2.62 bits per heavy atom. The topological polar surface area (TPSA) is 80.5 Å².